The number of piperazine rings is 1. The molecule has 0 aliphatic carbocycles. The van der Waals surface area contributed by atoms with Crippen LogP contribution < -0.4 is 11.1 Å². The summed E-state index contributed by atoms with van der Waals surface area (Å²) >= 11 is 6.83. The molecule has 11 heteroatoms. The van der Waals surface area contributed by atoms with Crippen LogP contribution in [0.5, 0.6) is 0 Å². The van der Waals surface area contributed by atoms with Gasteiger partial charge in [0.15, 0.2) is 0 Å². The molecule has 1 aromatic heterocycles. The second kappa shape index (κ2) is 11.1. The summed E-state index contributed by atoms with van der Waals surface area (Å²) in [6.07, 6.45) is 0. The number of carbonyl (C=O) groups excluding carboxylic acids is 3. The number of thiophene rings is 1. The number of ether oxygens (including phenoxy) is 1. The predicted octanol–water partition coefficient (Wildman–Crippen LogP) is 2.88. The molecule has 0 bridgehead atoms. The number of hydrogen-bond donors (Lipinski definition) is 2. The zero-order valence-corrected chi connectivity index (χ0v) is 20.0. The number of anilines is 1. The molecule has 0 saturated carbocycles. The minimum Gasteiger partial charge on any atom is -0.462 e. The van der Waals surface area contributed by atoms with E-state index in [1.165, 1.54) is 6.07 Å². The number of nitrogens with zero attached hydrogens (tertiary/aromatic N) is 2. The summed E-state index contributed by atoms with van der Waals surface area (Å²) in [4.78, 5) is 41.1. The lowest BCUT2D eigenvalue weighted by Gasteiger charge is -2.34. The first-order chi connectivity index (χ1) is 15.7. The van der Waals surface area contributed by atoms with Gasteiger partial charge in [0.1, 0.15) is 10.8 Å². The maximum absolute atomic E-state index is 13.3. The molecule has 1 fully saturated rings. The van der Waals surface area contributed by atoms with Crippen molar-refractivity contribution in [3.8, 4) is 0 Å². The lowest BCUT2D eigenvalue weighted by atomic mass is 10.1. The van der Waals surface area contributed by atoms with Gasteiger partial charge in [0.25, 0.3) is 5.91 Å². The number of benzene rings is 1. The third-order valence-electron chi connectivity index (χ3n) is 5.33. The van der Waals surface area contributed by atoms with Crippen molar-refractivity contribution in [1.82, 2.24) is 9.80 Å². The largest absolute Gasteiger partial charge is 0.462 e. The Bertz CT molecular complexity index is 1050. The SMILES string of the molecule is CCOC(=O)c1c(NC(=O)CN2CCN(Cc3ccc(F)c(Cl)c3)CC2)sc(C(N)=O)c1C. The van der Waals surface area contributed by atoms with Gasteiger partial charge in [-0.05, 0) is 37.1 Å². The number of amides is 2. The highest BCUT2D eigenvalue weighted by Gasteiger charge is 2.26. The Hall–Kier alpha value is -2.53. The molecule has 33 heavy (non-hydrogen) atoms. The van der Waals surface area contributed by atoms with Crippen LogP contribution in [0.15, 0.2) is 18.2 Å². The van der Waals surface area contributed by atoms with Crippen LogP contribution in [0.4, 0.5) is 9.39 Å². The van der Waals surface area contributed by atoms with E-state index >= 15 is 0 Å². The Balaban J connectivity index is 1.57. The average Bonchev–Trinajstić information content (AvgIpc) is 3.08. The number of primary amides is 1. The van der Waals surface area contributed by atoms with Gasteiger partial charge in [0.2, 0.25) is 5.91 Å². The molecule has 2 heterocycles. The van der Waals surface area contributed by atoms with Crippen molar-refractivity contribution in [2.75, 3.05) is 44.6 Å². The molecule has 1 aromatic carbocycles. The van der Waals surface area contributed by atoms with E-state index in [9.17, 15) is 18.8 Å². The lowest BCUT2D eigenvalue weighted by molar-refractivity contribution is -0.117. The molecule has 1 aliphatic heterocycles. The van der Waals surface area contributed by atoms with Crippen LogP contribution in [-0.4, -0.2) is 66.9 Å². The fourth-order valence-corrected chi connectivity index (χ4v) is 4.92. The first-order valence-electron chi connectivity index (χ1n) is 10.5. The van der Waals surface area contributed by atoms with E-state index < -0.39 is 17.7 Å². The summed E-state index contributed by atoms with van der Waals surface area (Å²) < 4.78 is 18.4. The van der Waals surface area contributed by atoms with Crippen molar-refractivity contribution in [3.05, 3.63) is 50.6 Å². The van der Waals surface area contributed by atoms with Crippen molar-refractivity contribution >= 4 is 45.7 Å². The molecule has 2 aromatic rings. The van der Waals surface area contributed by atoms with Gasteiger partial charge in [-0.2, -0.15) is 0 Å². The van der Waals surface area contributed by atoms with E-state index in [0.717, 1.165) is 30.0 Å². The highest BCUT2D eigenvalue weighted by molar-refractivity contribution is 7.18. The standard InChI is InChI=1S/C22H26ClFN4O4S/c1-3-32-22(31)18-13(2)19(20(25)30)33-21(18)26-17(29)12-28-8-6-27(7-9-28)11-14-4-5-16(24)15(23)10-14/h4-5,10H,3,6-9,11-12H2,1-2H3,(H2,25,30)(H,26,29). The molecule has 2 amide bonds. The summed E-state index contributed by atoms with van der Waals surface area (Å²) in [5.41, 5.74) is 6.89. The second-order valence-corrected chi connectivity index (χ2v) is 9.12. The van der Waals surface area contributed by atoms with Gasteiger partial charge in [-0.3, -0.25) is 19.4 Å². The fourth-order valence-electron chi connectivity index (χ4n) is 3.66. The Morgan fingerprint density at radius 3 is 2.48 bits per heavy atom. The Morgan fingerprint density at radius 1 is 1.21 bits per heavy atom. The number of nitrogens with one attached hydrogen (secondary N) is 1. The van der Waals surface area contributed by atoms with Crippen LogP contribution in [0.3, 0.4) is 0 Å². The average molecular weight is 497 g/mol. The molecule has 3 rings (SSSR count). The van der Waals surface area contributed by atoms with Crippen LogP contribution in [0.25, 0.3) is 0 Å². The minimum absolute atomic E-state index is 0.105. The van der Waals surface area contributed by atoms with E-state index in [1.54, 1.807) is 26.0 Å². The summed E-state index contributed by atoms with van der Waals surface area (Å²) in [7, 11) is 0. The summed E-state index contributed by atoms with van der Waals surface area (Å²) in [5.74, 6) is -2.01. The van der Waals surface area contributed by atoms with E-state index in [1.807, 2.05) is 4.90 Å². The molecule has 1 saturated heterocycles. The van der Waals surface area contributed by atoms with Crippen LogP contribution in [-0.2, 0) is 16.1 Å². The van der Waals surface area contributed by atoms with E-state index in [-0.39, 0.29) is 39.5 Å². The van der Waals surface area contributed by atoms with Crippen molar-refractivity contribution in [1.29, 1.82) is 0 Å². The lowest BCUT2D eigenvalue weighted by Crippen LogP contribution is -2.48. The topological polar surface area (TPSA) is 105 Å². The van der Waals surface area contributed by atoms with E-state index in [4.69, 9.17) is 22.1 Å². The molecule has 8 nitrogen and oxygen atoms in total. The quantitative estimate of drug-likeness (QED) is 0.544. The van der Waals surface area contributed by atoms with Crippen LogP contribution in [0, 0.1) is 12.7 Å². The number of halogens is 2. The molecule has 0 spiro atoms. The first kappa shape index (κ1) is 25.1. The Kier molecular flexibility index (Phi) is 8.41. The monoisotopic (exact) mass is 496 g/mol. The van der Waals surface area contributed by atoms with Crippen molar-refractivity contribution in [3.63, 3.8) is 0 Å². The highest BCUT2D eigenvalue weighted by atomic mass is 35.5. The molecule has 3 N–H and O–H groups in total. The molecule has 1 aliphatic rings. The number of nitrogens with two attached hydrogens (primary N) is 1. The van der Waals surface area contributed by atoms with Crippen LogP contribution in [0.1, 0.15) is 38.1 Å². The van der Waals surface area contributed by atoms with E-state index in [2.05, 4.69) is 10.2 Å². The number of hydrogen-bond acceptors (Lipinski definition) is 7. The molecule has 0 atom stereocenters. The molecular weight excluding hydrogens is 471 g/mol. The molecule has 0 radical (unpaired) electrons. The van der Waals surface area contributed by atoms with Crippen LogP contribution in [0.2, 0.25) is 5.02 Å². The first-order valence-corrected chi connectivity index (χ1v) is 11.7. The normalized spacial score (nSPS) is 14.8. The van der Waals surface area contributed by atoms with Gasteiger partial charge in [0, 0.05) is 32.7 Å². The summed E-state index contributed by atoms with van der Waals surface area (Å²) in [6, 6.07) is 4.70. The molecule has 178 valence electrons. The third-order valence-corrected chi connectivity index (χ3v) is 6.84. The second-order valence-electron chi connectivity index (χ2n) is 7.69. The summed E-state index contributed by atoms with van der Waals surface area (Å²) in [6.45, 7) is 7.05. The van der Waals surface area contributed by atoms with Gasteiger partial charge in [-0.15, -0.1) is 11.3 Å². The van der Waals surface area contributed by atoms with Crippen LogP contribution >= 0.6 is 22.9 Å². The maximum Gasteiger partial charge on any atom is 0.341 e. The summed E-state index contributed by atoms with van der Waals surface area (Å²) in [5, 5.41) is 3.11. The molecular formula is C22H26ClFN4O4S. The zero-order chi connectivity index (χ0) is 24.1. The van der Waals surface area contributed by atoms with Crippen molar-refractivity contribution < 1.29 is 23.5 Å². The Morgan fingerprint density at radius 2 is 1.88 bits per heavy atom. The van der Waals surface area contributed by atoms with Crippen molar-refractivity contribution in [2.45, 2.75) is 20.4 Å². The minimum atomic E-state index is -0.665. The fraction of sp³-hybridized carbons (Fsp3) is 0.409. The highest BCUT2D eigenvalue weighted by Crippen LogP contribution is 2.33. The van der Waals surface area contributed by atoms with Gasteiger partial charge in [-0.1, -0.05) is 17.7 Å². The number of rotatable bonds is 8. The van der Waals surface area contributed by atoms with Gasteiger partial charge in [-0.25, -0.2) is 9.18 Å². The van der Waals surface area contributed by atoms with Gasteiger partial charge in [0.05, 0.1) is 28.6 Å². The van der Waals surface area contributed by atoms with Gasteiger partial charge >= 0.3 is 5.97 Å². The van der Waals surface area contributed by atoms with Crippen molar-refractivity contribution in [2.24, 2.45) is 5.73 Å². The predicted molar refractivity (Wildman–Crippen MR) is 125 cm³/mol. The zero-order valence-electron chi connectivity index (χ0n) is 18.5. The smallest absolute Gasteiger partial charge is 0.341 e. The third kappa shape index (κ3) is 6.29. The Labute approximate surface area is 200 Å². The maximum atomic E-state index is 13.3. The number of esters is 1. The van der Waals surface area contributed by atoms with Gasteiger partial charge < -0.3 is 15.8 Å². The number of carbonyl (C=O) groups is 3. The molecule has 0 unspecified atom stereocenters. The van der Waals surface area contributed by atoms with E-state index in [0.29, 0.717) is 25.2 Å².